The van der Waals surface area contributed by atoms with E-state index in [2.05, 4.69) is 0 Å². The second kappa shape index (κ2) is 6.79. The molecule has 1 aliphatic carbocycles. The van der Waals surface area contributed by atoms with Gasteiger partial charge in [0.25, 0.3) is 0 Å². The van der Waals surface area contributed by atoms with E-state index < -0.39 is 0 Å². The predicted octanol–water partition coefficient (Wildman–Crippen LogP) is 4.09. The first-order valence-electron chi connectivity index (χ1n) is 7.13. The van der Waals surface area contributed by atoms with E-state index in [4.69, 9.17) is 4.74 Å². The van der Waals surface area contributed by atoms with Gasteiger partial charge in [0, 0.05) is 0 Å². The van der Waals surface area contributed by atoms with Crippen LogP contribution in [0.1, 0.15) is 56.6 Å². The first-order chi connectivity index (χ1) is 8.81. The standard InChI is InChI=1S/C16H24O2/c1-18-15-11-9-14(10-12-15)16(17)13-7-5-3-2-4-6-8-13/h9-13,16-17H,2-8H2,1H3. The van der Waals surface area contributed by atoms with Crippen LogP contribution in [0, 0.1) is 5.92 Å². The normalized spacial score (nSPS) is 19.9. The molecular formula is C16H24O2. The average molecular weight is 248 g/mol. The lowest BCUT2D eigenvalue weighted by Crippen LogP contribution is -2.14. The maximum atomic E-state index is 10.5. The lowest BCUT2D eigenvalue weighted by molar-refractivity contribution is 0.0912. The lowest BCUT2D eigenvalue weighted by Gasteiger charge is -2.25. The van der Waals surface area contributed by atoms with E-state index in [0.717, 1.165) is 24.2 Å². The van der Waals surface area contributed by atoms with Crippen molar-refractivity contribution < 1.29 is 9.84 Å². The van der Waals surface area contributed by atoms with Gasteiger partial charge < -0.3 is 9.84 Å². The summed E-state index contributed by atoms with van der Waals surface area (Å²) in [6.45, 7) is 0. The highest BCUT2D eigenvalue weighted by Crippen LogP contribution is 2.33. The minimum Gasteiger partial charge on any atom is -0.497 e. The molecule has 0 aliphatic heterocycles. The first kappa shape index (κ1) is 13.4. The van der Waals surface area contributed by atoms with Crippen molar-refractivity contribution in [3.05, 3.63) is 29.8 Å². The molecule has 1 aromatic carbocycles. The Labute approximate surface area is 110 Å². The fourth-order valence-corrected chi connectivity index (χ4v) is 2.88. The minimum absolute atomic E-state index is 0.311. The van der Waals surface area contributed by atoms with E-state index in [1.165, 1.54) is 32.1 Å². The third-order valence-electron chi connectivity index (χ3n) is 4.05. The van der Waals surface area contributed by atoms with E-state index in [1.807, 2.05) is 24.3 Å². The zero-order chi connectivity index (χ0) is 12.8. The molecule has 0 saturated heterocycles. The van der Waals surface area contributed by atoms with Crippen LogP contribution in [0.15, 0.2) is 24.3 Å². The third-order valence-corrected chi connectivity index (χ3v) is 4.05. The Kier molecular flexibility index (Phi) is 5.06. The van der Waals surface area contributed by atoms with Crippen LogP contribution in [0.3, 0.4) is 0 Å². The van der Waals surface area contributed by atoms with Crippen LogP contribution in [-0.2, 0) is 0 Å². The van der Waals surface area contributed by atoms with Gasteiger partial charge in [0.2, 0.25) is 0 Å². The molecule has 0 heterocycles. The van der Waals surface area contributed by atoms with Gasteiger partial charge in [-0.3, -0.25) is 0 Å². The number of aliphatic hydroxyl groups excluding tert-OH is 1. The van der Waals surface area contributed by atoms with Crippen LogP contribution in [0.2, 0.25) is 0 Å². The Hall–Kier alpha value is -1.02. The highest BCUT2D eigenvalue weighted by molar-refractivity contribution is 5.28. The number of benzene rings is 1. The van der Waals surface area contributed by atoms with Crippen LogP contribution < -0.4 is 4.74 Å². The molecule has 1 aliphatic rings. The van der Waals surface area contributed by atoms with Gasteiger partial charge in [0.05, 0.1) is 13.2 Å². The molecule has 1 atom stereocenters. The minimum atomic E-state index is -0.311. The molecule has 1 unspecified atom stereocenters. The van der Waals surface area contributed by atoms with Gasteiger partial charge in [-0.05, 0) is 36.5 Å². The average Bonchev–Trinajstić information content (AvgIpc) is 2.38. The van der Waals surface area contributed by atoms with Gasteiger partial charge in [-0.15, -0.1) is 0 Å². The molecule has 0 radical (unpaired) electrons. The van der Waals surface area contributed by atoms with Crippen molar-refractivity contribution in [3.8, 4) is 5.75 Å². The number of ether oxygens (including phenoxy) is 1. The molecule has 0 amide bonds. The van der Waals surface area contributed by atoms with Crippen molar-refractivity contribution in [2.24, 2.45) is 5.92 Å². The summed E-state index contributed by atoms with van der Waals surface area (Å²) in [6, 6.07) is 7.84. The Bertz CT molecular complexity index is 337. The Morgan fingerprint density at radius 2 is 1.56 bits per heavy atom. The second-order valence-electron chi connectivity index (χ2n) is 5.32. The quantitative estimate of drug-likeness (QED) is 0.873. The molecule has 1 fully saturated rings. The molecule has 0 spiro atoms. The number of rotatable bonds is 3. The molecule has 1 N–H and O–H groups in total. The van der Waals surface area contributed by atoms with Crippen molar-refractivity contribution in [2.75, 3.05) is 7.11 Å². The molecule has 2 nitrogen and oxygen atoms in total. The van der Waals surface area contributed by atoms with E-state index >= 15 is 0 Å². The van der Waals surface area contributed by atoms with Crippen molar-refractivity contribution >= 4 is 0 Å². The van der Waals surface area contributed by atoms with E-state index in [0.29, 0.717) is 5.92 Å². The lowest BCUT2D eigenvalue weighted by atomic mass is 9.84. The summed E-state index contributed by atoms with van der Waals surface area (Å²) in [7, 11) is 1.67. The van der Waals surface area contributed by atoms with Crippen molar-refractivity contribution in [1.82, 2.24) is 0 Å². The zero-order valence-corrected chi connectivity index (χ0v) is 11.3. The van der Waals surface area contributed by atoms with Crippen LogP contribution in [0.25, 0.3) is 0 Å². The summed E-state index contributed by atoms with van der Waals surface area (Å²) in [4.78, 5) is 0. The molecule has 0 bridgehead atoms. The van der Waals surface area contributed by atoms with Crippen molar-refractivity contribution in [3.63, 3.8) is 0 Å². The largest absolute Gasteiger partial charge is 0.497 e. The van der Waals surface area contributed by atoms with E-state index in [1.54, 1.807) is 7.11 Å². The number of methoxy groups -OCH3 is 1. The predicted molar refractivity (Wildman–Crippen MR) is 73.8 cm³/mol. The topological polar surface area (TPSA) is 29.5 Å². The summed E-state index contributed by atoms with van der Waals surface area (Å²) in [6.07, 6.45) is 8.55. The summed E-state index contributed by atoms with van der Waals surface area (Å²) >= 11 is 0. The van der Waals surface area contributed by atoms with Gasteiger partial charge in [0.15, 0.2) is 0 Å². The molecular weight excluding hydrogens is 224 g/mol. The van der Waals surface area contributed by atoms with Crippen LogP contribution in [0.5, 0.6) is 5.75 Å². The van der Waals surface area contributed by atoms with Gasteiger partial charge >= 0.3 is 0 Å². The Morgan fingerprint density at radius 3 is 2.11 bits per heavy atom. The van der Waals surface area contributed by atoms with E-state index in [9.17, 15) is 5.11 Å². The van der Waals surface area contributed by atoms with Crippen LogP contribution >= 0.6 is 0 Å². The van der Waals surface area contributed by atoms with Crippen LogP contribution in [-0.4, -0.2) is 12.2 Å². The summed E-state index contributed by atoms with van der Waals surface area (Å²) in [5.41, 5.74) is 1.03. The Balaban J connectivity index is 2.00. The van der Waals surface area contributed by atoms with Crippen molar-refractivity contribution in [2.45, 2.75) is 51.0 Å². The molecule has 1 saturated carbocycles. The van der Waals surface area contributed by atoms with Gasteiger partial charge in [-0.2, -0.15) is 0 Å². The maximum Gasteiger partial charge on any atom is 0.118 e. The first-order valence-corrected chi connectivity index (χ1v) is 7.13. The summed E-state index contributed by atoms with van der Waals surface area (Å²) in [5, 5.41) is 10.5. The maximum absolute atomic E-state index is 10.5. The van der Waals surface area contributed by atoms with Gasteiger partial charge in [0.1, 0.15) is 5.75 Å². The fraction of sp³-hybridized carbons (Fsp3) is 0.625. The van der Waals surface area contributed by atoms with Gasteiger partial charge in [-0.1, -0.05) is 44.2 Å². The fourth-order valence-electron chi connectivity index (χ4n) is 2.88. The van der Waals surface area contributed by atoms with Gasteiger partial charge in [-0.25, -0.2) is 0 Å². The molecule has 18 heavy (non-hydrogen) atoms. The Morgan fingerprint density at radius 1 is 1.00 bits per heavy atom. The van der Waals surface area contributed by atoms with E-state index in [-0.39, 0.29) is 6.10 Å². The highest BCUT2D eigenvalue weighted by atomic mass is 16.5. The van der Waals surface area contributed by atoms with Crippen molar-refractivity contribution in [1.29, 1.82) is 0 Å². The zero-order valence-electron chi connectivity index (χ0n) is 11.3. The molecule has 2 rings (SSSR count). The molecule has 100 valence electrons. The number of aliphatic hydroxyl groups is 1. The summed E-state index contributed by atoms with van der Waals surface area (Å²) in [5.74, 6) is 1.28. The monoisotopic (exact) mass is 248 g/mol. The SMILES string of the molecule is COc1ccc(C(O)C2CCCCCCC2)cc1. The number of hydrogen-bond acceptors (Lipinski definition) is 2. The summed E-state index contributed by atoms with van der Waals surface area (Å²) < 4.78 is 5.15. The second-order valence-corrected chi connectivity index (χ2v) is 5.32. The number of hydrogen-bond donors (Lipinski definition) is 1. The molecule has 1 aromatic rings. The van der Waals surface area contributed by atoms with Crippen LogP contribution in [0.4, 0.5) is 0 Å². The smallest absolute Gasteiger partial charge is 0.118 e. The molecule has 2 heteroatoms. The third kappa shape index (κ3) is 3.49. The highest BCUT2D eigenvalue weighted by Gasteiger charge is 2.21. The molecule has 0 aromatic heterocycles.